The molecule has 7 nitrogen and oxygen atoms in total. The minimum atomic E-state index is -0.512. The first-order valence-electron chi connectivity index (χ1n) is 11.3. The first kappa shape index (κ1) is 22.9. The summed E-state index contributed by atoms with van der Waals surface area (Å²) < 4.78 is 20.0. The Morgan fingerprint density at radius 3 is 2.36 bits per heavy atom. The minimum absolute atomic E-state index is 0.0935. The van der Waals surface area contributed by atoms with Crippen molar-refractivity contribution in [1.29, 1.82) is 0 Å². The smallest absolute Gasteiger partial charge is 0.233 e. The van der Waals surface area contributed by atoms with Crippen LogP contribution in [0.4, 0.5) is 10.2 Å². The molecule has 1 aliphatic rings. The van der Waals surface area contributed by atoms with Gasteiger partial charge in [0, 0.05) is 35.8 Å². The molecule has 2 heterocycles. The standard InChI is InChI=1S/C25H30FN5O2/c1-15-5-6-16(2)10-18(9-15)31(3)24-8-7-22(28-29-24)20-12-21(26)19(13-23(20)32)17-11-25(33-4)30-27-14-17/h7-8,11-16,18,32H,5-6,9-10H2,1-4H3/t15-,16+,18?. The third kappa shape index (κ3) is 5.05. The monoisotopic (exact) mass is 451 g/mol. The lowest BCUT2D eigenvalue weighted by Crippen LogP contribution is -2.34. The number of phenolic OH excluding ortho intramolecular Hbond substituents is 1. The van der Waals surface area contributed by atoms with E-state index in [0.29, 0.717) is 29.1 Å². The van der Waals surface area contributed by atoms with Gasteiger partial charge >= 0.3 is 0 Å². The summed E-state index contributed by atoms with van der Waals surface area (Å²) in [6.45, 7) is 4.62. The van der Waals surface area contributed by atoms with Crippen molar-refractivity contribution in [2.75, 3.05) is 19.1 Å². The summed E-state index contributed by atoms with van der Waals surface area (Å²) in [5.41, 5.74) is 1.34. The van der Waals surface area contributed by atoms with Gasteiger partial charge in [-0.1, -0.05) is 26.7 Å². The first-order chi connectivity index (χ1) is 15.9. The maximum absolute atomic E-state index is 14.9. The van der Waals surface area contributed by atoms with Gasteiger partial charge in [-0.3, -0.25) is 0 Å². The predicted molar refractivity (Wildman–Crippen MR) is 126 cm³/mol. The molecule has 0 spiro atoms. The van der Waals surface area contributed by atoms with Crippen molar-refractivity contribution < 1.29 is 14.2 Å². The Morgan fingerprint density at radius 2 is 1.73 bits per heavy atom. The molecule has 1 fully saturated rings. The number of hydrogen-bond donors (Lipinski definition) is 1. The summed E-state index contributed by atoms with van der Waals surface area (Å²) in [7, 11) is 3.52. The van der Waals surface area contributed by atoms with E-state index in [1.807, 2.05) is 6.07 Å². The maximum Gasteiger partial charge on any atom is 0.233 e. The molecule has 33 heavy (non-hydrogen) atoms. The summed E-state index contributed by atoms with van der Waals surface area (Å²) in [6, 6.07) is 8.24. The Morgan fingerprint density at radius 1 is 1.00 bits per heavy atom. The van der Waals surface area contributed by atoms with Gasteiger partial charge in [0.05, 0.1) is 19.0 Å². The SMILES string of the molecule is COc1cc(-c2cc(O)c(-c3ccc(N(C)C4C[C@H](C)CC[C@H](C)C4)nn3)cc2F)cnn1. The highest BCUT2D eigenvalue weighted by Crippen LogP contribution is 2.36. The third-order valence-electron chi connectivity index (χ3n) is 6.57. The third-order valence-corrected chi connectivity index (χ3v) is 6.57. The van der Waals surface area contributed by atoms with E-state index in [4.69, 9.17) is 4.74 Å². The lowest BCUT2D eigenvalue weighted by molar-refractivity contribution is 0.392. The van der Waals surface area contributed by atoms with Gasteiger partial charge in [0.2, 0.25) is 5.88 Å². The normalized spacial score (nSPS) is 20.8. The van der Waals surface area contributed by atoms with Crippen LogP contribution in [0.15, 0.2) is 36.5 Å². The zero-order chi connectivity index (χ0) is 23.5. The lowest BCUT2D eigenvalue weighted by Gasteiger charge is -2.30. The Balaban J connectivity index is 1.58. The van der Waals surface area contributed by atoms with Crippen molar-refractivity contribution in [1.82, 2.24) is 20.4 Å². The van der Waals surface area contributed by atoms with Crippen LogP contribution in [0.1, 0.15) is 39.5 Å². The van der Waals surface area contributed by atoms with Gasteiger partial charge in [0.1, 0.15) is 11.6 Å². The number of aromatic hydroxyl groups is 1. The molecule has 0 saturated heterocycles. The van der Waals surface area contributed by atoms with Crippen LogP contribution in [0.25, 0.3) is 22.4 Å². The van der Waals surface area contributed by atoms with Crippen LogP contribution in [0.3, 0.4) is 0 Å². The predicted octanol–water partition coefficient (Wildman–Crippen LogP) is 5.10. The van der Waals surface area contributed by atoms with Crippen molar-refractivity contribution in [2.24, 2.45) is 11.8 Å². The average molecular weight is 452 g/mol. The quantitative estimate of drug-likeness (QED) is 0.540. The molecule has 1 unspecified atom stereocenters. The molecule has 1 saturated carbocycles. The highest BCUT2D eigenvalue weighted by molar-refractivity contribution is 5.75. The number of phenols is 1. The van der Waals surface area contributed by atoms with Crippen LogP contribution in [0.2, 0.25) is 0 Å². The molecule has 1 aliphatic carbocycles. The maximum atomic E-state index is 14.9. The summed E-state index contributed by atoms with van der Waals surface area (Å²) in [5.74, 6) is 1.80. The number of ether oxygens (including phenoxy) is 1. The molecule has 0 aliphatic heterocycles. The molecule has 8 heteroatoms. The van der Waals surface area contributed by atoms with Crippen LogP contribution in [0.5, 0.6) is 11.6 Å². The highest BCUT2D eigenvalue weighted by atomic mass is 19.1. The number of nitrogens with zero attached hydrogens (tertiary/aromatic N) is 5. The molecule has 1 aromatic carbocycles. The fraction of sp³-hybridized carbons (Fsp3) is 0.440. The number of hydrogen-bond acceptors (Lipinski definition) is 7. The molecule has 3 atom stereocenters. The van der Waals surface area contributed by atoms with Gasteiger partial charge in [-0.05, 0) is 48.9 Å². The molecule has 3 aromatic rings. The molecule has 0 amide bonds. The molecule has 174 valence electrons. The van der Waals surface area contributed by atoms with E-state index in [1.165, 1.54) is 38.3 Å². The zero-order valence-corrected chi connectivity index (χ0v) is 19.5. The topological polar surface area (TPSA) is 84.3 Å². The number of methoxy groups -OCH3 is 1. The summed E-state index contributed by atoms with van der Waals surface area (Å²) in [4.78, 5) is 2.20. The van der Waals surface area contributed by atoms with E-state index in [-0.39, 0.29) is 22.8 Å². The van der Waals surface area contributed by atoms with E-state index in [2.05, 4.69) is 46.2 Å². The Labute approximate surface area is 193 Å². The second kappa shape index (κ2) is 9.68. The Kier molecular flexibility index (Phi) is 6.72. The van der Waals surface area contributed by atoms with Crippen LogP contribution in [0, 0.1) is 17.7 Å². The first-order valence-corrected chi connectivity index (χ1v) is 11.3. The Bertz CT molecular complexity index is 1100. The van der Waals surface area contributed by atoms with Crippen molar-refractivity contribution in [3.63, 3.8) is 0 Å². The van der Waals surface area contributed by atoms with Crippen molar-refractivity contribution in [3.05, 3.63) is 42.3 Å². The molecule has 2 aromatic heterocycles. The average Bonchev–Trinajstić information content (AvgIpc) is 3.00. The second-order valence-electron chi connectivity index (χ2n) is 9.14. The van der Waals surface area contributed by atoms with Crippen LogP contribution in [-0.2, 0) is 0 Å². The zero-order valence-electron chi connectivity index (χ0n) is 19.5. The van der Waals surface area contributed by atoms with Gasteiger partial charge in [-0.15, -0.1) is 15.3 Å². The van der Waals surface area contributed by atoms with Crippen LogP contribution < -0.4 is 9.64 Å². The minimum Gasteiger partial charge on any atom is -0.507 e. The van der Waals surface area contributed by atoms with Crippen molar-refractivity contribution >= 4 is 5.82 Å². The van der Waals surface area contributed by atoms with Gasteiger partial charge in [-0.2, -0.15) is 5.10 Å². The van der Waals surface area contributed by atoms with E-state index in [9.17, 15) is 9.50 Å². The fourth-order valence-electron chi connectivity index (χ4n) is 4.57. The van der Waals surface area contributed by atoms with Crippen molar-refractivity contribution in [3.8, 4) is 34.0 Å². The summed E-state index contributed by atoms with van der Waals surface area (Å²) in [5, 5.41) is 26.9. The molecule has 0 radical (unpaired) electrons. The van der Waals surface area contributed by atoms with Crippen LogP contribution >= 0.6 is 0 Å². The highest BCUT2D eigenvalue weighted by Gasteiger charge is 2.25. The number of rotatable bonds is 5. The van der Waals surface area contributed by atoms with Gasteiger partial charge in [0.15, 0.2) is 5.82 Å². The van der Waals surface area contributed by atoms with E-state index in [0.717, 1.165) is 18.7 Å². The van der Waals surface area contributed by atoms with Gasteiger partial charge in [-0.25, -0.2) is 4.39 Å². The molecule has 0 bridgehead atoms. The van der Waals surface area contributed by atoms with E-state index in [1.54, 1.807) is 12.1 Å². The summed E-state index contributed by atoms with van der Waals surface area (Å²) in [6.07, 6.45) is 6.21. The van der Waals surface area contributed by atoms with Crippen LogP contribution in [-0.4, -0.2) is 45.7 Å². The van der Waals surface area contributed by atoms with E-state index < -0.39 is 5.82 Å². The number of benzene rings is 1. The number of aromatic nitrogens is 4. The lowest BCUT2D eigenvalue weighted by atomic mass is 9.98. The fourth-order valence-corrected chi connectivity index (χ4v) is 4.57. The number of halogens is 1. The largest absolute Gasteiger partial charge is 0.507 e. The van der Waals surface area contributed by atoms with Crippen molar-refractivity contribution in [2.45, 2.75) is 45.6 Å². The summed E-state index contributed by atoms with van der Waals surface area (Å²) >= 11 is 0. The molecular weight excluding hydrogens is 421 g/mol. The number of anilines is 1. The second-order valence-corrected chi connectivity index (χ2v) is 9.14. The molecular formula is C25H30FN5O2. The molecule has 1 N–H and O–H groups in total. The Hall–Kier alpha value is -3.29. The van der Waals surface area contributed by atoms with Gasteiger partial charge < -0.3 is 14.7 Å². The van der Waals surface area contributed by atoms with Gasteiger partial charge in [0.25, 0.3) is 0 Å². The molecule has 4 rings (SSSR count). The van der Waals surface area contributed by atoms with E-state index >= 15 is 0 Å².